The molecule has 3 heterocycles. The molecule has 0 radical (unpaired) electrons. The Balaban J connectivity index is 1.66. The molecule has 2 aromatic rings. The highest BCUT2D eigenvalue weighted by Crippen LogP contribution is 2.38. The molecule has 1 aliphatic heterocycles. The quantitative estimate of drug-likeness (QED) is 0.800. The van der Waals surface area contributed by atoms with Crippen LogP contribution in [0.3, 0.4) is 0 Å². The fourth-order valence-corrected chi connectivity index (χ4v) is 4.44. The SMILES string of the molecule is CN(C)C1(c2nnnn2C2CCCC2)CCCN(C(=O)c2cncnc2)C1. The first-order valence-corrected chi connectivity index (χ1v) is 9.62. The zero-order chi connectivity index (χ0) is 18.9. The molecule has 9 heteroatoms. The van der Waals surface area contributed by atoms with E-state index >= 15 is 0 Å². The number of carbonyl (C=O) groups is 1. The summed E-state index contributed by atoms with van der Waals surface area (Å²) in [6.45, 7) is 1.27. The second-order valence-corrected chi connectivity index (χ2v) is 7.77. The summed E-state index contributed by atoms with van der Waals surface area (Å²) >= 11 is 0. The van der Waals surface area contributed by atoms with Gasteiger partial charge < -0.3 is 4.90 Å². The van der Waals surface area contributed by atoms with Crippen molar-refractivity contribution in [3.8, 4) is 0 Å². The number of amides is 1. The molecule has 0 bridgehead atoms. The fourth-order valence-electron chi connectivity index (χ4n) is 4.44. The standard InChI is InChI=1S/C18H26N8O/c1-24(2)18(17-21-22-23-26(17)15-6-3-4-7-15)8-5-9-25(12-18)16(27)14-10-19-13-20-11-14/h10-11,13,15H,3-9,12H2,1-2H3. The van der Waals surface area contributed by atoms with Crippen LogP contribution in [0, 0.1) is 0 Å². The number of likely N-dealkylation sites (N-methyl/N-ethyl adjacent to an activating group) is 1. The van der Waals surface area contributed by atoms with Gasteiger partial charge in [-0.2, -0.15) is 0 Å². The molecule has 2 fully saturated rings. The van der Waals surface area contributed by atoms with Crippen molar-refractivity contribution >= 4 is 5.91 Å². The van der Waals surface area contributed by atoms with Crippen molar-refractivity contribution in [2.75, 3.05) is 27.2 Å². The summed E-state index contributed by atoms with van der Waals surface area (Å²) in [4.78, 5) is 25.0. The zero-order valence-corrected chi connectivity index (χ0v) is 16.0. The molecule has 2 aliphatic rings. The van der Waals surface area contributed by atoms with Crippen LogP contribution < -0.4 is 0 Å². The van der Waals surface area contributed by atoms with E-state index in [-0.39, 0.29) is 5.91 Å². The maximum Gasteiger partial charge on any atom is 0.257 e. The number of likely N-dealkylation sites (tertiary alicyclic amines) is 1. The van der Waals surface area contributed by atoms with Crippen LogP contribution in [0.2, 0.25) is 0 Å². The van der Waals surface area contributed by atoms with E-state index in [0.717, 1.165) is 31.5 Å². The average molecular weight is 370 g/mol. The lowest BCUT2D eigenvalue weighted by Crippen LogP contribution is -2.56. The van der Waals surface area contributed by atoms with Gasteiger partial charge >= 0.3 is 0 Å². The van der Waals surface area contributed by atoms with Gasteiger partial charge in [0.25, 0.3) is 5.91 Å². The Morgan fingerprint density at radius 2 is 1.93 bits per heavy atom. The van der Waals surface area contributed by atoms with Crippen molar-refractivity contribution in [2.24, 2.45) is 0 Å². The van der Waals surface area contributed by atoms with E-state index in [1.807, 2.05) is 23.7 Å². The summed E-state index contributed by atoms with van der Waals surface area (Å²) in [6.07, 6.45) is 11.1. The van der Waals surface area contributed by atoms with Crippen LogP contribution in [0.4, 0.5) is 0 Å². The van der Waals surface area contributed by atoms with Crippen LogP contribution >= 0.6 is 0 Å². The smallest absolute Gasteiger partial charge is 0.257 e. The molecule has 144 valence electrons. The van der Waals surface area contributed by atoms with Crippen molar-refractivity contribution in [3.05, 3.63) is 30.1 Å². The first kappa shape index (κ1) is 18.0. The van der Waals surface area contributed by atoms with Gasteiger partial charge in [0.2, 0.25) is 0 Å². The molecule has 1 saturated heterocycles. The predicted molar refractivity (Wildman–Crippen MR) is 97.9 cm³/mol. The molecule has 1 amide bonds. The van der Waals surface area contributed by atoms with Crippen LogP contribution in [0.15, 0.2) is 18.7 Å². The molecule has 1 aliphatic carbocycles. The van der Waals surface area contributed by atoms with Crippen molar-refractivity contribution in [1.82, 2.24) is 40.0 Å². The molecule has 9 nitrogen and oxygen atoms in total. The minimum absolute atomic E-state index is 0.0404. The van der Waals surface area contributed by atoms with E-state index < -0.39 is 5.54 Å². The van der Waals surface area contributed by atoms with Crippen molar-refractivity contribution in [2.45, 2.75) is 50.1 Å². The normalized spacial score (nSPS) is 23.9. The Bertz CT molecular complexity index is 786. The van der Waals surface area contributed by atoms with Gasteiger partial charge in [0.1, 0.15) is 11.9 Å². The van der Waals surface area contributed by atoms with E-state index in [1.165, 1.54) is 19.2 Å². The Morgan fingerprint density at radius 1 is 1.19 bits per heavy atom. The second kappa shape index (κ2) is 7.30. The number of tetrazole rings is 1. The molecule has 2 aromatic heterocycles. The van der Waals surface area contributed by atoms with Crippen molar-refractivity contribution < 1.29 is 4.79 Å². The van der Waals surface area contributed by atoms with Crippen LogP contribution in [0.1, 0.15) is 60.7 Å². The van der Waals surface area contributed by atoms with Crippen LogP contribution in [0.25, 0.3) is 0 Å². The lowest BCUT2D eigenvalue weighted by molar-refractivity contribution is 0.0249. The van der Waals surface area contributed by atoms with Gasteiger partial charge in [-0.05, 0) is 50.2 Å². The number of hydrogen-bond donors (Lipinski definition) is 0. The molecule has 0 N–H and O–H groups in total. The maximum atomic E-state index is 13.0. The molecular formula is C18H26N8O. The van der Waals surface area contributed by atoms with Gasteiger partial charge in [-0.25, -0.2) is 14.6 Å². The highest BCUT2D eigenvalue weighted by atomic mass is 16.2. The Morgan fingerprint density at radius 3 is 2.63 bits per heavy atom. The number of hydrogen-bond acceptors (Lipinski definition) is 7. The van der Waals surface area contributed by atoms with E-state index in [2.05, 4.69) is 30.4 Å². The molecule has 1 atom stereocenters. The highest BCUT2D eigenvalue weighted by molar-refractivity contribution is 5.93. The lowest BCUT2D eigenvalue weighted by atomic mass is 9.86. The molecule has 0 spiro atoms. The Labute approximate surface area is 158 Å². The third kappa shape index (κ3) is 3.20. The lowest BCUT2D eigenvalue weighted by Gasteiger charge is -2.46. The van der Waals surface area contributed by atoms with Crippen LogP contribution in [0.5, 0.6) is 0 Å². The second-order valence-electron chi connectivity index (χ2n) is 7.77. The number of carbonyl (C=O) groups excluding carboxylic acids is 1. The van der Waals surface area contributed by atoms with Gasteiger partial charge in [0, 0.05) is 25.5 Å². The minimum atomic E-state index is -0.393. The molecular weight excluding hydrogens is 344 g/mol. The number of aromatic nitrogens is 6. The summed E-state index contributed by atoms with van der Waals surface area (Å²) in [7, 11) is 4.10. The third-order valence-electron chi connectivity index (χ3n) is 6.00. The molecule has 4 rings (SSSR count). The number of nitrogens with zero attached hydrogens (tertiary/aromatic N) is 8. The number of rotatable bonds is 4. The van der Waals surface area contributed by atoms with E-state index in [9.17, 15) is 4.79 Å². The molecule has 1 saturated carbocycles. The van der Waals surface area contributed by atoms with E-state index in [0.29, 0.717) is 24.7 Å². The summed E-state index contributed by atoms with van der Waals surface area (Å²) in [6, 6.07) is 0.362. The largest absolute Gasteiger partial charge is 0.336 e. The van der Waals surface area contributed by atoms with Gasteiger partial charge in [-0.1, -0.05) is 12.8 Å². The van der Waals surface area contributed by atoms with Gasteiger partial charge in [0.15, 0.2) is 5.82 Å². The topological polar surface area (TPSA) is 92.9 Å². The molecule has 1 unspecified atom stereocenters. The van der Waals surface area contributed by atoms with Crippen molar-refractivity contribution in [1.29, 1.82) is 0 Å². The van der Waals surface area contributed by atoms with E-state index in [4.69, 9.17) is 0 Å². The monoisotopic (exact) mass is 370 g/mol. The zero-order valence-electron chi connectivity index (χ0n) is 16.0. The predicted octanol–water partition coefficient (Wildman–Crippen LogP) is 1.27. The Kier molecular flexibility index (Phi) is 4.86. The highest BCUT2D eigenvalue weighted by Gasteiger charge is 2.45. The van der Waals surface area contributed by atoms with Gasteiger partial charge in [-0.15, -0.1) is 5.10 Å². The first-order valence-electron chi connectivity index (χ1n) is 9.62. The molecule has 27 heavy (non-hydrogen) atoms. The van der Waals surface area contributed by atoms with Gasteiger partial charge in [-0.3, -0.25) is 9.69 Å². The summed E-state index contributed by atoms with van der Waals surface area (Å²) in [5.74, 6) is 0.836. The minimum Gasteiger partial charge on any atom is -0.336 e. The Hall–Kier alpha value is -2.42. The summed E-state index contributed by atoms with van der Waals surface area (Å²) < 4.78 is 2.02. The van der Waals surface area contributed by atoms with E-state index in [1.54, 1.807) is 12.4 Å². The van der Waals surface area contributed by atoms with Crippen molar-refractivity contribution in [3.63, 3.8) is 0 Å². The fraction of sp³-hybridized carbons (Fsp3) is 0.667. The van der Waals surface area contributed by atoms with Crippen LogP contribution in [-0.4, -0.2) is 73.1 Å². The maximum absolute atomic E-state index is 13.0. The third-order valence-corrected chi connectivity index (χ3v) is 6.00. The van der Waals surface area contributed by atoms with Gasteiger partial charge in [0.05, 0.1) is 11.6 Å². The van der Waals surface area contributed by atoms with Crippen LogP contribution in [-0.2, 0) is 5.54 Å². The molecule has 0 aromatic carbocycles. The number of piperidine rings is 1. The summed E-state index contributed by atoms with van der Waals surface area (Å²) in [5, 5.41) is 12.8. The first-order chi connectivity index (χ1) is 13.1. The summed E-state index contributed by atoms with van der Waals surface area (Å²) in [5.41, 5.74) is 0.123. The average Bonchev–Trinajstić information content (AvgIpc) is 3.39.